The maximum absolute atomic E-state index is 12.9. The van der Waals surface area contributed by atoms with E-state index in [2.05, 4.69) is 21.2 Å². The molecule has 0 saturated carbocycles. The smallest absolute Gasteiger partial charge is 0.243 e. The summed E-state index contributed by atoms with van der Waals surface area (Å²) in [6.07, 6.45) is 1.23. The second kappa shape index (κ2) is 8.49. The van der Waals surface area contributed by atoms with Crippen molar-refractivity contribution in [1.82, 2.24) is 4.31 Å². The van der Waals surface area contributed by atoms with Crippen molar-refractivity contribution >= 4 is 60.7 Å². The van der Waals surface area contributed by atoms with Crippen LogP contribution in [0.4, 0.5) is 5.69 Å². The third-order valence-electron chi connectivity index (χ3n) is 4.34. The molecule has 1 amide bonds. The van der Waals surface area contributed by atoms with Gasteiger partial charge in [0.2, 0.25) is 15.9 Å². The second-order valence-corrected chi connectivity index (χ2v) is 10.0. The van der Waals surface area contributed by atoms with Crippen molar-refractivity contribution in [2.24, 2.45) is 5.92 Å². The molecule has 0 bridgehead atoms. The van der Waals surface area contributed by atoms with Crippen LogP contribution in [-0.4, -0.2) is 31.7 Å². The number of halogens is 3. The van der Waals surface area contributed by atoms with Gasteiger partial charge in [0.1, 0.15) is 0 Å². The van der Waals surface area contributed by atoms with E-state index in [1.807, 2.05) is 0 Å². The molecule has 0 aromatic heterocycles. The minimum Gasteiger partial charge on any atom is -0.326 e. The number of hydrogen-bond acceptors (Lipinski definition) is 3. The van der Waals surface area contributed by atoms with Crippen molar-refractivity contribution in [3.05, 3.63) is 57.0 Å². The average molecular weight is 492 g/mol. The first-order valence-electron chi connectivity index (χ1n) is 8.28. The number of piperidine rings is 1. The Morgan fingerprint density at radius 3 is 2.37 bits per heavy atom. The molecule has 2 aromatic rings. The van der Waals surface area contributed by atoms with E-state index in [1.165, 1.54) is 4.31 Å². The fourth-order valence-corrected chi connectivity index (χ4v) is 5.31. The van der Waals surface area contributed by atoms with Crippen molar-refractivity contribution < 1.29 is 13.2 Å². The van der Waals surface area contributed by atoms with Crippen LogP contribution in [-0.2, 0) is 14.8 Å². The third kappa shape index (κ3) is 5.03. The summed E-state index contributed by atoms with van der Waals surface area (Å²) in [6, 6.07) is 11.3. The maximum atomic E-state index is 12.9. The van der Waals surface area contributed by atoms with Gasteiger partial charge in [-0.2, -0.15) is 4.31 Å². The average Bonchev–Trinajstić information content (AvgIpc) is 2.61. The first kappa shape index (κ1) is 20.6. The van der Waals surface area contributed by atoms with Crippen molar-refractivity contribution in [3.8, 4) is 0 Å². The number of benzene rings is 2. The lowest BCUT2D eigenvalue weighted by Crippen LogP contribution is -2.43. The van der Waals surface area contributed by atoms with Crippen molar-refractivity contribution in [1.29, 1.82) is 0 Å². The number of amides is 1. The molecule has 0 radical (unpaired) electrons. The zero-order valence-electron chi connectivity index (χ0n) is 14.2. The van der Waals surface area contributed by atoms with Crippen molar-refractivity contribution in [2.45, 2.75) is 17.7 Å². The summed E-state index contributed by atoms with van der Waals surface area (Å²) in [6.45, 7) is 0.531. The summed E-state index contributed by atoms with van der Waals surface area (Å²) in [5.41, 5.74) is 0.491. The van der Waals surface area contributed by atoms with Gasteiger partial charge < -0.3 is 5.32 Å². The molecular weight excluding hydrogens is 475 g/mol. The predicted octanol–water partition coefficient (Wildman–Crippen LogP) is 4.80. The van der Waals surface area contributed by atoms with Gasteiger partial charge in [0.25, 0.3) is 0 Å². The van der Waals surface area contributed by atoms with Crippen molar-refractivity contribution in [2.75, 3.05) is 18.4 Å². The van der Waals surface area contributed by atoms with E-state index >= 15 is 0 Å². The number of rotatable bonds is 4. The van der Waals surface area contributed by atoms with E-state index in [9.17, 15) is 13.2 Å². The SMILES string of the molecule is O=C(Nc1cc(Cl)cc(Cl)c1)[C@H]1CCCN(S(=O)(=O)c2ccc(Br)cc2)C1. The zero-order valence-corrected chi connectivity index (χ0v) is 18.1. The summed E-state index contributed by atoms with van der Waals surface area (Å²) in [5.74, 6) is -0.689. The molecule has 5 nitrogen and oxygen atoms in total. The predicted molar refractivity (Wildman–Crippen MR) is 111 cm³/mol. The van der Waals surface area contributed by atoms with Crippen molar-refractivity contribution in [3.63, 3.8) is 0 Å². The van der Waals surface area contributed by atoms with Crippen LogP contribution in [0.25, 0.3) is 0 Å². The highest BCUT2D eigenvalue weighted by atomic mass is 79.9. The molecule has 3 rings (SSSR count). The highest BCUT2D eigenvalue weighted by molar-refractivity contribution is 9.10. The molecule has 0 aliphatic carbocycles. The first-order chi connectivity index (χ1) is 12.8. The molecule has 1 heterocycles. The van der Waals surface area contributed by atoms with Gasteiger partial charge in [-0.3, -0.25) is 4.79 Å². The quantitative estimate of drug-likeness (QED) is 0.668. The molecule has 1 saturated heterocycles. The Morgan fingerprint density at radius 1 is 1.11 bits per heavy atom. The van der Waals surface area contributed by atoms with Crippen LogP contribution in [0, 0.1) is 5.92 Å². The lowest BCUT2D eigenvalue weighted by Gasteiger charge is -2.31. The minimum atomic E-state index is -3.64. The lowest BCUT2D eigenvalue weighted by atomic mass is 9.99. The summed E-state index contributed by atoms with van der Waals surface area (Å²) in [4.78, 5) is 12.8. The molecule has 9 heteroatoms. The van der Waals surface area contributed by atoms with Gasteiger partial charge in [-0.25, -0.2) is 8.42 Å². The molecule has 1 fully saturated rings. The van der Waals surface area contributed by atoms with Gasteiger partial charge in [0.05, 0.1) is 10.8 Å². The van der Waals surface area contributed by atoms with Crippen LogP contribution in [0.15, 0.2) is 51.8 Å². The fourth-order valence-electron chi connectivity index (χ4n) is 3.00. The molecule has 144 valence electrons. The standard InChI is InChI=1S/C18H17BrCl2N2O3S/c19-13-3-5-17(6-4-13)27(25,26)23-7-1-2-12(11-23)18(24)22-16-9-14(20)8-15(21)10-16/h3-6,8-10,12H,1-2,7,11H2,(H,22,24)/t12-/m0/s1. The number of nitrogens with one attached hydrogen (secondary N) is 1. The van der Waals surface area contributed by atoms with Gasteiger partial charge in [0, 0.05) is 33.3 Å². The Hall–Kier alpha value is -1.12. The van der Waals surface area contributed by atoms with Crippen LogP contribution in [0.3, 0.4) is 0 Å². The Kier molecular flexibility index (Phi) is 6.48. The summed E-state index contributed by atoms with van der Waals surface area (Å²) < 4.78 is 27.9. The molecule has 0 spiro atoms. The van der Waals surface area contributed by atoms with Crippen LogP contribution < -0.4 is 5.32 Å². The van der Waals surface area contributed by atoms with E-state index < -0.39 is 15.9 Å². The monoisotopic (exact) mass is 490 g/mol. The summed E-state index contributed by atoms with van der Waals surface area (Å²) >= 11 is 15.2. The van der Waals surface area contributed by atoms with E-state index in [0.29, 0.717) is 35.1 Å². The number of anilines is 1. The fraction of sp³-hybridized carbons (Fsp3) is 0.278. The largest absolute Gasteiger partial charge is 0.326 e. The molecular formula is C18H17BrCl2N2O3S. The van der Waals surface area contributed by atoms with Gasteiger partial charge in [0.15, 0.2) is 0 Å². The van der Waals surface area contributed by atoms with Gasteiger partial charge in [-0.05, 0) is 55.3 Å². The summed E-state index contributed by atoms with van der Waals surface area (Å²) in [7, 11) is -3.64. The Balaban J connectivity index is 1.73. The highest BCUT2D eigenvalue weighted by Gasteiger charge is 2.33. The first-order valence-corrected chi connectivity index (χ1v) is 11.3. The zero-order chi connectivity index (χ0) is 19.6. The van der Waals surface area contributed by atoms with Gasteiger partial charge >= 0.3 is 0 Å². The van der Waals surface area contributed by atoms with Crippen LogP contribution in [0.5, 0.6) is 0 Å². The van der Waals surface area contributed by atoms with E-state index in [0.717, 1.165) is 4.47 Å². The Morgan fingerprint density at radius 2 is 1.74 bits per heavy atom. The lowest BCUT2D eigenvalue weighted by molar-refractivity contribution is -0.120. The molecule has 0 unspecified atom stereocenters. The molecule has 1 atom stereocenters. The second-order valence-electron chi connectivity index (χ2n) is 6.30. The van der Waals surface area contributed by atoms with Crippen LogP contribution >= 0.6 is 39.1 Å². The van der Waals surface area contributed by atoms with Crippen LogP contribution in [0.1, 0.15) is 12.8 Å². The molecule has 1 N–H and O–H groups in total. The topological polar surface area (TPSA) is 66.5 Å². The van der Waals surface area contributed by atoms with Gasteiger partial charge in [-0.15, -0.1) is 0 Å². The number of nitrogens with zero attached hydrogens (tertiary/aromatic N) is 1. The maximum Gasteiger partial charge on any atom is 0.243 e. The molecule has 2 aromatic carbocycles. The van der Waals surface area contributed by atoms with E-state index in [1.54, 1.807) is 42.5 Å². The number of carbonyl (C=O) groups excluding carboxylic acids is 1. The van der Waals surface area contributed by atoms with E-state index in [4.69, 9.17) is 23.2 Å². The molecule has 1 aliphatic heterocycles. The number of hydrogen-bond donors (Lipinski definition) is 1. The number of sulfonamides is 1. The Bertz CT molecular complexity index is 931. The highest BCUT2D eigenvalue weighted by Crippen LogP contribution is 2.27. The van der Waals surface area contributed by atoms with Crippen LogP contribution in [0.2, 0.25) is 10.0 Å². The van der Waals surface area contributed by atoms with E-state index in [-0.39, 0.29) is 17.3 Å². The number of carbonyl (C=O) groups is 1. The normalized spacial score (nSPS) is 18.3. The van der Waals surface area contributed by atoms with Gasteiger partial charge in [-0.1, -0.05) is 39.1 Å². The third-order valence-corrected chi connectivity index (χ3v) is 7.18. The minimum absolute atomic E-state index is 0.137. The molecule has 27 heavy (non-hydrogen) atoms. The molecule has 1 aliphatic rings. The Labute approximate surface area is 176 Å². The summed E-state index contributed by atoms with van der Waals surface area (Å²) in [5, 5.41) is 3.61.